The van der Waals surface area contributed by atoms with Gasteiger partial charge in [0.2, 0.25) is 0 Å². The maximum absolute atomic E-state index is 9.25. The summed E-state index contributed by atoms with van der Waals surface area (Å²) in [4.78, 5) is 1.29. The molecule has 0 amide bonds. The highest BCUT2D eigenvalue weighted by Crippen LogP contribution is 2.14. The van der Waals surface area contributed by atoms with E-state index >= 15 is 0 Å². The van der Waals surface area contributed by atoms with Crippen molar-refractivity contribution in [2.75, 3.05) is 6.26 Å². The Bertz CT molecular complexity index is 297. The first kappa shape index (κ1) is 13.6. The van der Waals surface area contributed by atoms with Crippen LogP contribution in [0.25, 0.3) is 0 Å². The average Bonchev–Trinajstić information content (AvgIpc) is 2.26. The minimum absolute atomic E-state index is 0.235. The van der Waals surface area contributed by atoms with E-state index in [-0.39, 0.29) is 6.10 Å². The second kappa shape index (κ2) is 6.94. The van der Waals surface area contributed by atoms with E-state index in [0.717, 1.165) is 13.0 Å². The van der Waals surface area contributed by atoms with Gasteiger partial charge in [0, 0.05) is 17.5 Å². The summed E-state index contributed by atoms with van der Waals surface area (Å²) in [7, 11) is 0. The molecule has 0 radical (unpaired) electrons. The molecule has 1 aromatic carbocycles. The Morgan fingerprint density at radius 3 is 2.38 bits per heavy atom. The van der Waals surface area contributed by atoms with Crippen LogP contribution in [0.15, 0.2) is 29.2 Å². The monoisotopic (exact) mass is 239 g/mol. The SMILES string of the molecule is CSc1ccc(CN[C@@H](C)C[C@@H](C)O)cc1. The molecular formula is C13H21NOS. The van der Waals surface area contributed by atoms with Crippen molar-refractivity contribution >= 4 is 11.8 Å². The van der Waals surface area contributed by atoms with Gasteiger partial charge < -0.3 is 10.4 Å². The highest BCUT2D eigenvalue weighted by Gasteiger charge is 2.05. The third-order valence-corrected chi connectivity index (χ3v) is 3.25. The maximum Gasteiger partial charge on any atom is 0.0526 e. The fraction of sp³-hybridized carbons (Fsp3) is 0.538. The lowest BCUT2D eigenvalue weighted by molar-refractivity contribution is 0.170. The molecule has 3 heteroatoms. The molecule has 0 heterocycles. The van der Waals surface area contributed by atoms with Gasteiger partial charge in [0.05, 0.1) is 6.10 Å². The van der Waals surface area contributed by atoms with Gasteiger partial charge in [-0.2, -0.15) is 0 Å². The molecular weight excluding hydrogens is 218 g/mol. The molecule has 0 aliphatic carbocycles. The number of hydrogen-bond donors (Lipinski definition) is 2. The largest absolute Gasteiger partial charge is 0.393 e. The predicted molar refractivity (Wildman–Crippen MR) is 70.8 cm³/mol. The first-order valence-electron chi connectivity index (χ1n) is 5.66. The number of aliphatic hydroxyl groups is 1. The van der Waals surface area contributed by atoms with Crippen LogP contribution in [0, 0.1) is 0 Å². The molecule has 0 unspecified atom stereocenters. The lowest BCUT2D eigenvalue weighted by Crippen LogP contribution is -2.28. The number of benzene rings is 1. The molecule has 2 N–H and O–H groups in total. The molecule has 16 heavy (non-hydrogen) atoms. The number of nitrogens with one attached hydrogen (secondary N) is 1. The van der Waals surface area contributed by atoms with E-state index in [9.17, 15) is 5.11 Å². The van der Waals surface area contributed by atoms with Crippen molar-refractivity contribution in [2.24, 2.45) is 0 Å². The molecule has 0 saturated carbocycles. The van der Waals surface area contributed by atoms with Gasteiger partial charge in [0.25, 0.3) is 0 Å². The van der Waals surface area contributed by atoms with Crippen LogP contribution >= 0.6 is 11.8 Å². The van der Waals surface area contributed by atoms with E-state index < -0.39 is 0 Å². The van der Waals surface area contributed by atoms with Crippen LogP contribution in [0.1, 0.15) is 25.8 Å². The van der Waals surface area contributed by atoms with Crippen LogP contribution in [0.4, 0.5) is 0 Å². The molecule has 0 fully saturated rings. The van der Waals surface area contributed by atoms with Crippen LogP contribution in [0.2, 0.25) is 0 Å². The summed E-state index contributed by atoms with van der Waals surface area (Å²) in [6, 6.07) is 8.92. The summed E-state index contributed by atoms with van der Waals surface area (Å²) in [6.45, 7) is 4.79. The summed E-state index contributed by atoms with van der Waals surface area (Å²) in [5.41, 5.74) is 1.29. The van der Waals surface area contributed by atoms with E-state index in [1.54, 1.807) is 11.8 Å². The summed E-state index contributed by atoms with van der Waals surface area (Å²) < 4.78 is 0. The van der Waals surface area contributed by atoms with Gasteiger partial charge in [0.15, 0.2) is 0 Å². The fourth-order valence-electron chi connectivity index (χ4n) is 1.63. The van der Waals surface area contributed by atoms with Crippen LogP contribution in [0.5, 0.6) is 0 Å². The van der Waals surface area contributed by atoms with Gasteiger partial charge in [-0.15, -0.1) is 11.8 Å². The Labute approximate surface area is 102 Å². The molecule has 2 nitrogen and oxygen atoms in total. The van der Waals surface area contributed by atoms with Crippen LogP contribution in [-0.4, -0.2) is 23.5 Å². The van der Waals surface area contributed by atoms with Crippen molar-refractivity contribution < 1.29 is 5.11 Å². The normalized spacial score (nSPS) is 14.8. The first-order valence-corrected chi connectivity index (χ1v) is 6.88. The minimum Gasteiger partial charge on any atom is -0.393 e. The molecule has 90 valence electrons. The van der Waals surface area contributed by atoms with Crippen LogP contribution in [0.3, 0.4) is 0 Å². The minimum atomic E-state index is -0.235. The summed E-state index contributed by atoms with van der Waals surface area (Å²) in [5.74, 6) is 0. The third-order valence-electron chi connectivity index (χ3n) is 2.51. The van der Waals surface area contributed by atoms with Gasteiger partial charge >= 0.3 is 0 Å². The number of rotatable bonds is 6. The van der Waals surface area contributed by atoms with Gasteiger partial charge in [-0.3, -0.25) is 0 Å². The molecule has 0 bridgehead atoms. The van der Waals surface area contributed by atoms with Crippen molar-refractivity contribution in [1.82, 2.24) is 5.32 Å². The van der Waals surface area contributed by atoms with E-state index in [0.29, 0.717) is 6.04 Å². The van der Waals surface area contributed by atoms with Crippen molar-refractivity contribution in [2.45, 2.75) is 43.9 Å². The lowest BCUT2D eigenvalue weighted by Gasteiger charge is -2.15. The maximum atomic E-state index is 9.25. The number of aliphatic hydroxyl groups excluding tert-OH is 1. The lowest BCUT2D eigenvalue weighted by atomic mass is 10.1. The Hall–Kier alpha value is -0.510. The Kier molecular flexibility index (Phi) is 5.88. The van der Waals surface area contributed by atoms with Crippen molar-refractivity contribution in [3.63, 3.8) is 0 Å². The Balaban J connectivity index is 2.36. The quantitative estimate of drug-likeness (QED) is 0.749. The number of thioether (sulfide) groups is 1. The zero-order valence-electron chi connectivity index (χ0n) is 10.2. The Morgan fingerprint density at radius 1 is 1.25 bits per heavy atom. The predicted octanol–water partition coefficient (Wildman–Crippen LogP) is 2.66. The van der Waals surface area contributed by atoms with E-state index in [2.05, 4.69) is 42.8 Å². The molecule has 0 saturated heterocycles. The second-order valence-electron chi connectivity index (χ2n) is 4.21. The Morgan fingerprint density at radius 2 is 1.88 bits per heavy atom. The van der Waals surface area contributed by atoms with Crippen LogP contribution in [-0.2, 0) is 6.54 Å². The van der Waals surface area contributed by atoms with E-state index in [1.165, 1.54) is 10.5 Å². The zero-order valence-corrected chi connectivity index (χ0v) is 11.1. The molecule has 1 rings (SSSR count). The number of hydrogen-bond acceptors (Lipinski definition) is 3. The molecule has 2 atom stereocenters. The molecule has 0 aromatic heterocycles. The summed E-state index contributed by atoms with van der Waals surface area (Å²) in [6.07, 6.45) is 2.64. The third kappa shape index (κ3) is 5.01. The topological polar surface area (TPSA) is 32.3 Å². The van der Waals surface area contributed by atoms with Crippen LogP contribution < -0.4 is 5.32 Å². The van der Waals surface area contributed by atoms with Gasteiger partial charge in [-0.05, 0) is 44.2 Å². The second-order valence-corrected chi connectivity index (χ2v) is 5.09. The molecule has 0 aliphatic heterocycles. The highest BCUT2D eigenvalue weighted by atomic mass is 32.2. The van der Waals surface area contributed by atoms with Crippen molar-refractivity contribution in [3.8, 4) is 0 Å². The smallest absolute Gasteiger partial charge is 0.0526 e. The van der Waals surface area contributed by atoms with Gasteiger partial charge in [-0.25, -0.2) is 0 Å². The van der Waals surface area contributed by atoms with Crippen molar-refractivity contribution in [3.05, 3.63) is 29.8 Å². The van der Waals surface area contributed by atoms with Gasteiger partial charge in [0.1, 0.15) is 0 Å². The molecule has 1 aromatic rings. The van der Waals surface area contributed by atoms with E-state index in [4.69, 9.17) is 0 Å². The summed E-state index contributed by atoms with van der Waals surface area (Å²) in [5, 5.41) is 12.6. The van der Waals surface area contributed by atoms with E-state index in [1.807, 2.05) is 6.92 Å². The van der Waals surface area contributed by atoms with Gasteiger partial charge in [-0.1, -0.05) is 12.1 Å². The van der Waals surface area contributed by atoms with Crippen molar-refractivity contribution in [1.29, 1.82) is 0 Å². The average molecular weight is 239 g/mol. The standard InChI is InChI=1S/C13H21NOS/c1-10(8-11(2)15)14-9-12-4-6-13(16-3)7-5-12/h4-7,10-11,14-15H,8-9H2,1-3H3/t10-,11+/m0/s1. The zero-order chi connectivity index (χ0) is 12.0. The molecule has 0 spiro atoms. The fourth-order valence-corrected chi connectivity index (χ4v) is 2.04. The highest BCUT2D eigenvalue weighted by molar-refractivity contribution is 7.98. The summed E-state index contributed by atoms with van der Waals surface area (Å²) >= 11 is 1.76. The molecule has 0 aliphatic rings. The first-order chi connectivity index (χ1) is 7.61.